The molecule has 0 spiro atoms. The number of carbonyl (C=O) groups excluding carboxylic acids is 1. The van der Waals surface area contributed by atoms with E-state index in [1.165, 1.54) is 6.21 Å². The molecule has 3 aromatic rings. The van der Waals surface area contributed by atoms with Gasteiger partial charge in [-0.2, -0.15) is 5.10 Å². The molecule has 1 N–H and O–H groups in total. The van der Waals surface area contributed by atoms with Crippen LogP contribution in [-0.2, 0) is 11.3 Å². The van der Waals surface area contributed by atoms with Gasteiger partial charge in [-0.25, -0.2) is 10.4 Å². The Balaban J connectivity index is 1.65. The lowest BCUT2D eigenvalue weighted by Crippen LogP contribution is -2.22. The number of nitrogens with zero attached hydrogens (tertiary/aromatic N) is 3. The van der Waals surface area contributed by atoms with Crippen molar-refractivity contribution >= 4 is 34.8 Å². The fourth-order valence-electron chi connectivity index (χ4n) is 2.08. The summed E-state index contributed by atoms with van der Waals surface area (Å²) in [5.74, 6) is -0.230. The summed E-state index contributed by atoms with van der Waals surface area (Å²) < 4.78 is 1.77. The second kappa shape index (κ2) is 6.41. The molecule has 0 aliphatic carbocycles. The smallest absolute Gasteiger partial charge is 0.260 e. The first kappa shape index (κ1) is 14.3. The minimum absolute atomic E-state index is 0.153. The Labute approximate surface area is 132 Å². The quantitative estimate of drug-likeness (QED) is 0.595. The Morgan fingerprint density at radius 1 is 1.23 bits per heavy atom. The lowest BCUT2D eigenvalue weighted by molar-refractivity contribution is -0.121. The van der Waals surface area contributed by atoms with Crippen LogP contribution in [0.5, 0.6) is 0 Å². The van der Waals surface area contributed by atoms with Gasteiger partial charge in [0.1, 0.15) is 6.54 Å². The second-order valence-corrected chi connectivity index (χ2v) is 5.08. The van der Waals surface area contributed by atoms with Crippen LogP contribution in [-0.4, -0.2) is 21.7 Å². The Morgan fingerprint density at radius 3 is 2.86 bits per heavy atom. The Morgan fingerprint density at radius 2 is 2.00 bits per heavy atom. The van der Waals surface area contributed by atoms with E-state index in [0.29, 0.717) is 5.02 Å². The number of hydrogen-bond donors (Lipinski definition) is 1. The van der Waals surface area contributed by atoms with Gasteiger partial charge in [-0.15, -0.1) is 0 Å². The normalized spacial score (nSPS) is 11.1. The van der Waals surface area contributed by atoms with E-state index in [1.807, 2.05) is 42.5 Å². The van der Waals surface area contributed by atoms with Crippen LogP contribution in [0.2, 0.25) is 5.02 Å². The summed E-state index contributed by atoms with van der Waals surface area (Å²) in [6, 6.07) is 14.9. The van der Waals surface area contributed by atoms with Crippen LogP contribution in [0.1, 0.15) is 5.56 Å². The molecule has 0 radical (unpaired) electrons. The highest BCUT2D eigenvalue weighted by Crippen LogP contribution is 2.12. The molecule has 6 heteroatoms. The number of para-hydroxylation sites is 2. The summed E-state index contributed by atoms with van der Waals surface area (Å²) in [6.07, 6.45) is 3.16. The molecule has 5 nitrogen and oxygen atoms in total. The third-order valence-electron chi connectivity index (χ3n) is 3.14. The third kappa shape index (κ3) is 3.15. The summed E-state index contributed by atoms with van der Waals surface area (Å²) >= 11 is 6.00. The Bertz CT molecular complexity index is 841. The van der Waals surface area contributed by atoms with Crippen LogP contribution >= 0.6 is 11.6 Å². The molecule has 0 atom stereocenters. The Kier molecular flexibility index (Phi) is 4.16. The van der Waals surface area contributed by atoms with Crippen LogP contribution in [0.15, 0.2) is 60.0 Å². The number of imidazole rings is 1. The van der Waals surface area contributed by atoms with E-state index in [1.54, 1.807) is 17.0 Å². The van der Waals surface area contributed by atoms with E-state index >= 15 is 0 Å². The lowest BCUT2D eigenvalue weighted by atomic mass is 10.2. The van der Waals surface area contributed by atoms with Crippen LogP contribution in [0.25, 0.3) is 11.0 Å². The van der Waals surface area contributed by atoms with E-state index in [0.717, 1.165) is 16.6 Å². The monoisotopic (exact) mass is 312 g/mol. The minimum Gasteiger partial charge on any atom is -0.321 e. The molecule has 0 unspecified atom stereocenters. The third-order valence-corrected chi connectivity index (χ3v) is 3.48. The van der Waals surface area contributed by atoms with Crippen molar-refractivity contribution in [2.75, 3.05) is 0 Å². The number of hydrogen-bond acceptors (Lipinski definition) is 3. The molecule has 2 aromatic carbocycles. The zero-order valence-electron chi connectivity index (χ0n) is 11.6. The van der Waals surface area contributed by atoms with Gasteiger partial charge in [0, 0.05) is 10.6 Å². The summed E-state index contributed by atoms with van der Waals surface area (Å²) in [6.45, 7) is 0.153. The highest BCUT2D eigenvalue weighted by Gasteiger charge is 2.05. The molecule has 0 bridgehead atoms. The Hall–Kier alpha value is -2.66. The van der Waals surface area contributed by atoms with Gasteiger partial charge in [-0.3, -0.25) is 4.79 Å². The number of halogens is 1. The van der Waals surface area contributed by atoms with Crippen molar-refractivity contribution in [1.29, 1.82) is 0 Å². The maximum atomic E-state index is 11.9. The number of hydrazone groups is 1. The molecule has 0 aliphatic heterocycles. The maximum Gasteiger partial charge on any atom is 0.260 e. The maximum absolute atomic E-state index is 11.9. The molecular weight excluding hydrogens is 300 g/mol. The van der Waals surface area contributed by atoms with Gasteiger partial charge in [0.05, 0.1) is 23.6 Å². The first-order valence-electron chi connectivity index (χ1n) is 6.70. The topological polar surface area (TPSA) is 59.3 Å². The predicted octanol–water partition coefficient (Wildman–Crippen LogP) is 2.84. The molecule has 110 valence electrons. The average Bonchev–Trinajstić information content (AvgIpc) is 2.92. The summed E-state index contributed by atoms with van der Waals surface area (Å²) in [7, 11) is 0. The van der Waals surface area contributed by atoms with Gasteiger partial charge >= 0.3 is 0 Å². The van der Waals surface area contributed by atoms with Gasteiger partial charge in [0.15, 0.2) is 0 Å². The number of fused-ring (bicyclic) bond motifs is 1. The SMILES string of the molecule is O=C(Cn1cnc2ccccc21)N/N=C\c1ccccc1Cl. The number of amides is 1. The van der Waals surface area contributed by atoms with Crippen LogP contribution in [0.3, 0.4) is 0 Å². The number of rotatable bonds is 4. The van der Waals surface area contributed by atoms with Crippen molar-refractivity contribution in [3.8, 4) is 0 Å². The predicted molar refractivity (Wildman–Crippen MR) is 86.9 cm³/mol. The van der Waals surface area contributed by atoms with Crippen molar-refractivity contribution in [2.24, 2.45) is 5.10 Å². The van der Waals surface area contributed by atoms with Crippen LogP contribution in [0.4, 0.5) is 0 Å². The molecule has 0 saturated heterocycles. The fraction of sp³-hybridized carbons (Fsp3) is 0.0625. The zero-order chi connectivity index (χ0) is 15.4. The number of aromatic nitrogens is 2. The highest BCUT2D eigenvalue weighted by atomic mass is 35.5. The molecule has 0 saturated carbocycles. The molecule has 1 heterocycles. The number of carbonyl (C=O) groups is 1. The molecule has 1 aromatic heterocycles. The summed E-state index contributed by atoms with van der Waals surface area (Å²) in [5.41, 5.74) is 5.00. The van der Waals surface area contributed by atoms with E-state index in [4.69, 9.17) is 11.6 Å². The van der Waals surface area contributed by atoms with Gasteiger partial charge in [-0.05, 0) is 18.2 Å². The van der Waals surface area contributed by atoms with E-state index < -0.39 is 0 Å². The van der Waals surface area contributed by atoms with Gasteiger partial charge in [0.2, 0.25) is 0 Å². The first-order valence-corrected chi connectivity index (χ1v) is 7.08. The highest BCUT2D eigenvalue weighted by molar-refractivity contribution is 6.33. The van der Waals surface area contributed by atoms with E-state index in [-0.39, 0.29) is 12.5 Å². The number of benzene rings is 2. The van der Waals surface area contributed by atoms with Gasteiger partial charge in [0.25, 0.3) is 5.91 Å². The van der Waals surface area contributed by atoms with Crippen LogP contribution in [0, 0.1) is 0 Å². The van der Waals surface area contributed by atoms with Crippen LogP contribution < -0.4 is 5.43 Å². The molecule has 3 rings (SSSR count). The van der Waals surface area contributed by atoms with Crippen molar-refractivity contribution in [2.45, 2.75) is 6.54 Å². The second-order valence-electron chi connectivity index (χ2n) is 4.68. The summed E-state index contributed by atoms with van der Waals surface area (Å²) in [4.78, 5) is 16.2. The van der Waals surface area contributed by atoms with Crippen molar-refractivity contribution in [3.05, 3.63) is 65.4 Å². The number of nitrogens with one attached hydrogen (secondary N) is 1. The van der Waals surface area contributed by atoms with E-state index in [9.17, 15) is 4.79 Å². The average molecular weight is 313 g/mol. The molecular formula is C16H13ClN4O. The van der Waals surface area contributed by atoms with Gasteiger partial charge < -0.3 is 4.57 Å². The first-order chi connectivity index (χ1) is 10.7. The minimum atomic E-state index is -0.230. The lowest BCUT2D eigenvalue weighted by Gasteiger charge is -2.03. The molecule has 0 aliphatic rings. The van der Waals surface area contributed by atoms with E-state index in [2.05, 4.69) is 15.5 Å². The fourth-order valence-corrected chi connectivity index (χ4v) is 2.26. The van der Waals surface area contributed by atoms with Crippen molar-refractivity contribution < 1.29 is 4.79 Å². The molecule has 1 amide bonds. The molecule has 22 heavy (non-hydrogen) atoms. The largest absolute Gasteiger partial charge is 0.321 e. The molecule has 0 fully saturated rings. The zero-order valence-corrected chi connectivity index (χ0v) is 12.4. The van der Waals surface area contributed by atoms with Crippen molar-refractivity contribution in [1.82, 2.24) is 15.0 Å². The van der Waals surface area contributed by atoms with Crippen molar-refractivity contribution in [3.63, 3.8) is 0 Å². The van der Waals surface area contributed by atoms with Gasteiger partial charge in [-0.1, -0.05) is 41.9 Å². The standard InChI is InChI=1S/C16H13ClN4O/c17-13-6-2-1-5-12(13)9-19-20-16(22)10-21-11-18-14-7-3-4-8-15(14)21/h1-9,11H,10H2,(H,20,22)/b19-9-. The summed E-state index contributed by atoms with van der Waals surface area (Å²) in [5, 5.41) is 4.50.